The zero-order valence-electron chi connectivity index (χ0n) is 15.3. The van der Waals surface area contributed by atoms with Gasteiger partial charge in [-0.3, -0.25) is 10.2 Å². The molecule has 1 aromatic rings. The maximum absolute atomic E-state index is 12.4. The van der Waals surface area contributed by atoms with Crippen LogP contribution in [0.1, 0.15) is 33.6 Å². The average molecular weight is 363 g/mol. The van der Waals surface area contributed by atoms with Crippen LogP contribution in [0.3, 0.4) is 0 Å². The Kier molecular flexibility index (Phi) is 8.83. The van der Waals surface area contributed by atoms with Crippen molar-refractivity contribution in [3.05, 3.63) is 30.3 Å². The lowest BCUT2D eigenvalue weighted by Crippen LogP contribution is -2.61. The topological polar surface area (TPSA) is 106 Å². The van der Waals surface area contributed by atoms with E-state index in [4.69, 9.17) is 9.47 Å². The molecule has 8 nitrogen and oxygen atoms in total. The van der Waals surface area contributed by atoms with Crippen molar-refractivity contribution in [2.24, 2.45) is 5.10 Å². The summed E-state index contributed by atoms with van der Waals surface area (Å²) in [4.78, 5) is 36.4. The maximum atomic E-state index is 12.4. The smallest absolute Gasteiger partial charge is 0.343 e. The minimum absolute atomic E-state index is 0.0375. The number of benzene rings is 1. The number of amides is 1. The van der Waals surface area contributed by atoms with Gasteiger partial charge in [-0.15, -0.1) is 0 Å². The number of carbonyl (C=O) groups excluding carboxylic acids is 3. The monoisotopic (exact) mass is 363 g/mol. The summed E-state index contributed by atoms with van der Waals surface area (Å²) in [5.41, 5.74) is 1.74. The molecule has 0 aromatic heterocycles. The SMILES string of the molecule is CCOC(=O)C(CC/C=N\Nc1ccccc1)(NC(C)=O)C(=O)OCC. The van der Waals surface area contributed by atoms with E-state index in [0.717, 1.165) is 5.69 Å². The molecule has 0 saturated heterocycles. The molecule has 0 saturated carbocycles. The van der Waals surface area contributed by atoms with Gasteiger partial charge >= 0.3 is 11.9 Å². The molecule has 0 radical (unpaired) electrons. The molecule has 2 N–H and O–H groups in total. The highest BCUT2D eigenvalue weighted by Crippen LogP contribution is 2.18. The van der Waals surface area contributed by atoms with Crippen molar-refractivity contribution in [2.75, 3.05) is 18.6 Å². The summed E-state index contributed by atoms with van der Waals surface area (Å²) in [6, 6.07) is 9.30. The van der Waals surface area contributed by atoms with Crippen LogP contribution in [0.5, 0.6) is 0 Å². The molecular formula is C18H25N3O5. The second kappa shape index (κ2) is 10.9. The van der Waals surface area contributed by atoms with E-state index in [1.165, 1.54) is 13.1 Å². The van der Waals surface area contributed by atoms with Gasteiger partial charge in [-0.1, -0.05) is 18.2 Å². The molecule has 0 spiro atoms. The van der Waals surface area contributed by atoms with E-state index in [-0.39, 0.29) is 26.1 Å². The molecule has 1 amide bonds. The van der Waals surface area contributed by atoms with Crippen molar-refractivity contribution in [3.63, 3.8) is 0 Å². The number of hydrogen-bond acceptors (Lipinski definition) is 7. The fourth-order valence-electron chi connectivity index (χ4n) is 2.24. The van der Waals surface area contributed by atoms with Crippen molar-refractivity contribution in [1.82, 2.24) is 5.32 Å². The molecule has 0 unspecified atom stereocenters. The highest BCUT2D eigenvalue weighted by atomic mass is 16.6. The van der Waals surface area contributed by atoms with Gasteiger partial charge in [0.2, 0.25) is 11.4 Å². The van der Waals surface area contributed by atoms with Crippen LogP contribution in [0.4, 0.5) is 5.69 Å². The number of para-hydroxylation sites is 1. The number of carbonyl (C=O) groups is 3. The van der Waals surface area contributed by atoms with Crippen molar-refractivity contribution in [2.45, 2.75) is 39.2 Å². The van der Waals surface area contributed by atoms with Crippen molar-refractivity contribution in [3.8, 4) is 0 Å². The van der Waals surface area contributed by atoms with Gasteiger partial charge in [-0.2, -0.15) is 5.10 Å². The zero-order chi connectivity index (χ0) is 19.4. The van der Waals surface area contributed by atoms with Gasteiger partial charge in [-0.05, 0) is 38.8 Å². The number of nitrogens with zero attached hydrogens (tertiary/aromatic N) is 1. The molecule has 0 heterocycles. The van der Waals surface area contributed by atoms with Crippen LogP contribution in [0.15, 0.2) is 35.4 Å². The normalized spacial score (nSPS) is 11.0. The number of rotatable bonds is 10. The van der Waals surface area contributed by atoms with Crippen LogP contribution >= 0.6 is 0 Å². The Labute approximate surface area is 152 Å². The molecular weight excluding hydrogens is 338 g/mol. The number of anilines is 1. The van der Waals surface area contributed by atoms with Gasteiger partial charge in [-0.25, -0.2) is 9.59 Å². The van der Waals surface area contributed by atoms with Gasteiger partial charge < -0.3 is 14.8 Å². The Morgan fingerprint density at radius 2 is 1.65 bits per heavy atom. The van der Waals surface area contributed by atoms with Crippen molar-refractivity contribution < 1.29 is 23.9 Å². The first-order valence-corrected chi connectivity index (χ1v) is 8.42. The average Bonchev–Trinajstić information content (AvgIpc) is 2.61. The summed E-state index contributed by atoms with van der Waals surface area (Å²) in [5.74, 6) is -2.23. The highest BCUT2D eigenvalue weighted by Gasteiger charge is 2.49. The molecule has 0 aliphatic heterocycles. The zero-order valence-corrected chi connectivity index (χ0v) is 15.3. The van der Waals surface area contributed by atoms with E-state index in [2.05, 4.69) is 15.8 Å². The number of hydrazone groups is 1. The van der Waals surface area contributed by atoms with Crippen molar-refractivity contribution in [1.29, 1.82) is 0 Å². The Hall–Kier alpha value is -2.90. The largest absolute Gasteiger partial charge is 0.464 e. The van der Waals surface area contributed by atoms with E-state index in [1.807, 2.05) is 30.3 Å². The molecule has 8 heteroatoms. The van der Waals surface area contributed by atoms with Crippen LogP contribution in [0.2, 0.25) is 0 Å². The number of ether oxygens (including phenoxy) is 2. The molecule has 1 rings (SSSR count). The first-order valence-electron chi connectivity index (χ1n) is 8.42. The van der Waals surface area contributed by atoms with E-state index < -0.39 is 23.4 Å². The lowest BCUT2D eigenvalue weighted by Gasteiger charge is -2.29. The molecule has 26 heavy (non-hydrogen) atoms. The van der Waals surface area contributed by atoms with Crippen LogP contribution in [-0.4, -0.2) is 42.8 Å². The van der Waals surface area contributed by atoms with Gasteiger partial charge in [0.05, 0.1) is 18.9 Å². The minimum Gasteiger partial charge on any atom is -0.464 e. The van der Waals surface area contributed by atoms with Gasteiger partial charge in [0.1, 0.15) is 0 Å². The molecule has 0 bridgehead atoms. The lowest BCUT2D eigenvalue weighted by atomic mass is 9.93. The minimum atomic E-state index is -1.89. The van der Waals surface area contributed by atoms with Gasteiger partial charge in [0.25, 0.3) is 0 Å². The highest BCUT2D eigenvalue weighted by molar-refractivity contribution is 6.07. The summed E-state index contributed by atoms with van der Waals surface area (Å²) in [7, 11) is 0. The first-order chi connectivity index (χ1) is 12.5. The van der Waals surface area contributed by atoms with Crippen LogP contribution < -0.4 is 10.7 Å². The fourth-order valence-corrected chi connectivity index (χ4v) is 2.24. The number of esters is 2. The summed E-state index contributed by atoms with van der Waals surface area (Å²) < 4.78 is 9.97. The third kappa shape index (κ3) is 6.19. The molecule has 142 valence electrons. The Balaban J connectivity index is 2.86. The van der Waals surface area contributed by atoms with E-state index in [9.17, 15) is 14.4 Å². The predicted octanol–water partition coefficient (Wildman–Crippen LogP) is 1.87. The number of hydrogen-bond donors (Lipinski definition) is 2. The lowest BCUT2D eigenvalue weighted by molar-refractivity contribution is -0.168. The summed E-state index contributed by atoms with van der Waals surface area (Å²) in [5, 5.41) is 6.44. The first kappa shape index (κ1) is 21.1. The van der Waals surface area contributed by atoms with Gasteiger partial charge in [0.15, 0.2) is 0 Å². The summed E-state index contributed by atoms with van der Waals surface area (Å²) >= 11 is 0. The molecule has 0 fully saturated rings. The quantitative estimate of drug-likeness (QED) is 0.284. The summed E-state index contributed by atoms with van der Waals surface area (Å²) in [6.07, 6.45) is 1.71. The van der Waals surface area contributed by atoms with Crippen molar-refractivity contribution >= 4 is 29.7 Å². The predicted molar refractivity (Wildman–Crippen MR) is 97.6 cm³/mol. The third-order valence-corrected chi connectivity index (χ3v) is 3.34. The molecule has 0 aliphatic carbocycles. The van der Waals surface area contributed by atoms with Crippen LogP contribution in [-0.2, 0) is 23.9 Å². The van der Waals surface area contributed by atoms with Crippen LogP contribution in [0.25, 0.3) is 0 Å². The van der Waals surface area contributed by atoms with Crippen LogP contribution in [0, 0.1) is 0 Å². The number of nitrogens with one attached hydrogen (secondary N) is 2. The Morgan fingerprint density at radius 1 is 1.08 bits per heavy atom. The van der Waals surface area contributed by atoms with Gasteiger partial charge in [0, 0.05) is 13.1 Å². The standard InChI is InChI=1S/C18H25N3O5/c1-4-25-16(23)18(20-14(3)22,17(24)26-5-2)12-9-13-19-21-15-10-7-6-8-11-15/h6-8,10-11,13,21H,4-5,9,12H2,1-3H3,(H,20,22)/b19-13-. The second-order valence-electron chi connectivity index (χ2n) is 5.36. The molecule has 0 atom stereocenters. The maximum Gasteiger partial charge on any atom is 0.343 e. The van der Waals surface area contributed by atoms with E-state index in [0.29, 0.717) is 0 Å². The molecule has 1 aromatic carbocycles. The summed E-state index contributed by atoms with van der Waals surface area (Å²) in [6.45, 7) is 4.60. The second-order valence-corrected chi connectivity index (χ2v) is 5.36. The fraction of sp³-hybridized carbons (Fsp3) is 0.444. The third-order valence-electron chi connectivity index (χ3n) is 3.34. The Morgan fingerprint density at radius 3 is 2.15 bits per heavy atom. The Bertz CT molecular complexity index is 613. The van der Waals surface area contributed by atoms with E-state index >= 15 is 0 Å². The molecule has 0 aliphatic rings. The van der Waals surface area contributed by atoms with E-state index in [1.54, 1.807) is 13.8 Å².